The number of carbonyl (C=O) groups excluding carboxylic acids is 1. The van der Waals surface area contributed by atoms with Gasteiger partial charge >= 0.3 is 5.97 Å². The van der Waals surface area contributed by atoms with E-state index in [-0.39, 0.29) is 16.1 Å². The van der Waals surface area contributed by atoms with Gasteiger partial charge in [0.2, 0.25) is 0 Å². The van der Waals surface area contributed by atoms with Gasteiger partial charge in [-0.05, 0) is 43.4 Å². The summed E-state index contributed by atoms with van der Waals surface area (Å²) in [5.74, 6) is 0.0559. The monoisotopic (exact) mass is 436 g/mol. The molecule has 0 heterocycles. The van der Waals surface area contributed by atoms with Crippen LogP contribution in [0.15, 0.2) is 29.7 Å². The molecule has 1 fully saturated rings. The van der Waals surface area contributed by atoms with Crippen molar-refractivity contribution in [2.45, 2.75) is 81.4 Å². The van der Waals surface area contributed by atoms with Crippen LogP contribution in [0.25, 0.3) is 5.70 Å². The largest absolute Gasteiger partial charge is 0.467 e. The van der Waals surface area contributed by atoms with Crippen LogP contribution >= 0.6 is 0 Å². The lowest BCUT2D eigenvalue weighted by atomic mass is 9.92. The maximum Gasteiger partial charge on any atom is 0.328 e. The molecule has 1 aromatic carbocycles. The highest BCUT2D eigenvalue weighted by atomic mass is 32.2. The highest BCUT2D eigenvalue weighted by Gasteiger charge is 2.31. The van der Waals surface area contributed by atoms with Crippen molar-refractivity contribution in [1.29, 1.82) is 0 Å². The van der Waals surface area contributed by atoms with Gasteiger partial charge in [0.1, 0.15) is 6.04 Å². The zero-order valence-electron chi connectivity index (χ0n) is 18.4. The maximum absolute atomic E-state index is 12.8. The molecule has 1 saturated carbocycles. The third-order valence-electron chi connectivity index (χ3n) is 6.10. The molecule has 7 heteroatoms. The number of benzene rings is 1. The number of nitrogens with one attached hydrogen (secondary N) is 1. The zero-order chi connectivity index (χ0) is 22.3. The lowest BCUT2D eigenvalue weighted by Gasteiger charge is -2.24. The Morgan fingerprint density at radius 2 is 1.97 bits per heavy atom. The maximum atomic E-state index is 12.8. The fourth-order valence-electron chi connectivity index (χ4n) is 4.26. The number of ether oxygens (including phenoxy) is 1. The van der Waals surface area contributed by atoms with Crippen molar-refractivity contribution in [3.05, 3.63) is 30.3 Å². The standard InChI is InChI=1S/C23H36N2O4S/c1-5-9-17(6-2)14-22(23(26)29-4)25-16(3)20-13-12-19(15-21(20)24)30(27,28)18-10-7-8-11-18/h12-13,15,17-18,22,25H,3,5-11,14,24H2,1-2,4H3. The summed E-state index contributed by atoms with van der Waals surface area (Å²) in [4.78, 5) is 12.6. The molecule has 6 nitrogen and oxygen atoms in total. The molecule has 1 aromatic rings. The minimum absolute atomic E-state index is 0.252. The summed E-state index contributed by atoms with van der Waals surface area (Å²) in [5.41, 5.74) is 7.61. The first-order chi connectivity index (χ1) is 14.2. The molecule has 0 radical (unpaired) electrons. The second-order valence-electron chi connectivity index (χ2n) is 8.20. The first-order valence-electron chi connectivity index (χ1n) is 10.9. The first-order valence-corrected chi connectivity index (χ1v) is 12.5. The van der Waals surface area contributed by atoms with E-state index in [2.05, 4.69) is 25.7 Å². The van der Waals surface area contributed by atoms with Gasteiger partial charge in [-0.3, -0.25) is 0 Å². The van der Waals surface area contributed by atoms with Crippen molar-refractivity contribution in [2.75, 3.05) is 12.8 Å². The summed E-state index contributed by atoms with van der Waals surface area (Å²) in [6.45, 7) is 8.29. The van der Waals surface area contributed by atoms with Gasteiger partial charge in [0.05, 0.1) is 17.3 Å². The van der Waals surface area contributed by atoms with E-state index < -0.39 is 15.9 Å². The van der Waals surface area contributed by atoms with Crippen LogP contribution in [-0.4, -0.2) is 32.8 Å². The molecule has 1 aliphatic rings. The Labute approximate surface area is 181 Å². The van der Waals surface area contributed by atoms with Gasteiger partial charge in [0.25, 0.3) is 0 Å². The lowest BCUT2D eigenvalue weighted by Crippen LogP contribution is -2.38. The van der Waals surface area contributed by atoms with Crippen LogP contribution in [-0.2, 0) is 19.4 Å². The second kappa shape index (κ2) is 10.8. The molecule has 0 amide bonds. The van der Waals surface area contributed by atoms with Gasteiger partial charge in [0, 0.05) is 16.9 Å². The van der Waals surface area contributed by atoms with E-state index in [4.69, 9.17) is 10.5 Å². The summed E-state index contributed by atoms with van der Waals surface area (Å²) in [5, 5.41) is 2.84. The SMILES string of the molecule is C=C(NC(CC(CC)CCC)C(=O)OC)c1ccc(S(=O)(=O)C2CCCC2)cc1N. The zero-order valence-corrected chi connectivity index (χ0v) is 19.3. The molecule has 0 bridgehead atoms. The van der Waals surface area contributed by atoms with Gasteiger partial charge in [-0.2, -0.15) is 0 Å². The van der Waals surface area contributed by atoms with Crippen molar-refractivity contribution >= 4 is 27.2 Å². The number of methoxy groups -OCH3 is 1. The van der Waals surface area contributed by atoms with Crippen LogP contribution in [0.5, 0.6) is 0 Å². The van der Waals surface area contributed by atoms with E-state index in [0.717, 1.165) is 32.1 Å². The van der Waals surface area contributed by atoms with E-state index in [1.807, 2.05) is 0 Å². The molecular formula is C23H36N2O4S. The number of sulfone groups is 1. The molecule has 2 unspecified atom stereocenters. The molecule has 0 saturated heterocycles. The molecule has 0 aromatic heterocycles. The predicted molar refractivity (Wildman–Crippen MR) is 122 cm³/mol. The summed E-state index contributed by atoms with van der Waals surface area (Å²) >= 11 is 0. The molecule has 2 rings (SSSR count). The normalized spacial score (nSPS) is 16.8. The molecule has 168 valence electrons. The Balaban J connectivity index is 2.19. The van der Waals surface area contributed by atoms with Gasteiger partial charge in [-0.15, -0.1) is 0 Å². The van der Waals surface area contributed by atoms with Crippen molar-refractivity contribution in [3.8, 4) is 0 Å². The third kappa shape index (κ3) is 5.78. The summed E-state index contributed by atoms with van der Waals surface area (Å²) in [6, 6.07) is 4.24. The van der Waals surface area contributed by atoms with E-state index in [0.29, 0.717) is 42.1 Å². The lowest BCUT2D eigenvalue weighted by molar-refractivity contribution is -0.143. The van der Waals surface area contributed by atoms with E-state index in [1.165, 1.54) is 13.2 Å². The molecule has 0 spiro atoms. The molecular weight excluding hydrogens is 400 g/mol. The fraction of sp³-hybridized carbons (Fsp3) is 0.609. The summed E-state index contributed by atoms with van der Waals surface area (Å²) in [6.07, 6.45) is 7.01. The van der Waals surface area contributed by atoms with Crippen LogP contribution < -0.4 is 11.1 Å². The number of nitrogens with two attached hydrogens (primary N) is 1. The molecule has 0 aliphatic heterocycles. The summed E-state index contributed by atoms with van der Waals surface area (Å²) in [7, 11) is -2.00. The van der Waals surface area contributed by atoms with Crippen molar-refractivity contribution < 1.29 is 17.9 Å². The minimum Gasteiger partial charge on any atom is -0.467 e. The van der Waals surface area contributed by atoms with Crippen LogP contribution in [0, 0.1) is 5.92 Å². The van der Waals surface area contributed by atoms with E-state index >= 15 is 0 Å². The second-order valence-corrected chi connectivity index (χ2v) is 10.4. The van der Waals surface area contributed by atoms with Gasteiger partial charge in [-0.25, -0.2) is 13.2 Å². The number of anilines is 1. The van der Waals surface area contributed by atoms with Crippen molar-refractivity contribution in [3.63, 3.8) is 0 Å². The van der Waals surface area contributed by atoms with E-state index in [1.54, 1.807) is 12.1 Å². The van der Waals surface area contributed by atoms with Crippen LogP contribution in [0.3, 0.4) is 0 Å². The van der Waals surface area contributed by atoms with Crippen LogP contribution in [0.2, 0.25) is 0 Å². The van der Waals surface area contributed by atoms with Crippen LogP contribution in [0.4, 0.5) is 5.69 Å². The molecule has 2 atom stereocenters. The quantitative estimate of drug-likeness (QED) is 0.396. The Kier molecular flexibility index (Phi) is 8.77. The topological polar surface area (TPSA) is 98.5 Å². The number of carbonyl (C=O) groups is 1. The minimum atomic E-state index is -3.37. The van der Waals surface area contributed by atoms with E-state index in [9.17, 15) is 13.2 Å². The van der Waals surface area contributed by atoms with Gasteiger partial charge < -0.3 is 15.8 Å². The summed E-state index contributed by atoms with van der Waals surface area (Å²) < 4.78 is 30.6. The van der Waals surface area contributed by atoms with Crippen molar-refractivity contribution in [2.24, 2.45) is 5.92 Å². The van der Waals surface area contributed by atoms with Crippen LogP contribution in [0.1, 0.15) is 70.8 Å². The third-order valence-corrected chi connectivity index (χ3v) is 8.36. The average molecular weight is 437 g/mol. The number of esters is 1. The molecule has 30 heavy (non-hydrogen) atoms. The van der Waals surface area contributed by atoms with Gasteiger partial charge in [-0.1, -0.05) is 52.5 Å². The highest BCUT2D eigenvalue weighted by Crippen LogP contribution is 2.32. The Bertz CT molecular complexity index is 845. The Morgan fingerprint density at radius 1 is 1.30 bits per heavy atom. The molecule has 3 N–H and O–H groups in total. The highest BCUT2D eigenvalue weighted by molar-refractivity contribution is 7.92. The number of nitrogen functional groups attached to an aromatic ring is 1. The van der Waals surface area contributed by atoms with Gasteiger partial charge in [0.15, 0.2) is 9.84 Å². The Morgan fingerprint density at radius 3 is 2.50 bits per heavy atom. The number of hydrogen-bond acceptors (Lipinski definition) is 6. The molecule has 1 aliphatic carbocycles. The fourth-order valence-corrected chi connectivity index (χ4v) is 6.15. The number of rotatable bonds is 11. The smallest absolute Gasteiger partial charge is 0.328 e. The predicted octanol–water partition coefficient (Wildman–Crippen LogP) is 4.30. The first kappa shape index (κ1) is 24.3. The van der Waals surface area contributed by atoms with Crippen molar-refractivity contribution in [1.82, 2.24) is 5.32 Å². The Hall–Kier alpha value is -2.02. The average Bonchev–Trinajstić information content (AvgIpc) is 3.27. The number of hydrogen-bond donors (Lipinski definition) is 2.